The molecule has 13 heteroatoms. The molecule has 10 nitrogen and oxygen atoms in total. The molecule has 5 rings (SSSR count). The SMILES string of the molecule is O=c1[nH]nc(-c2ccnc(NCCN3CCOCC3)n2)cc1-c1nc2ccc(C(F)(F)F)cc2[nH]1. The molecule has 0 saturated carbocycles. The third-order valence-electron chi connectivity index (χ3n) is 5.60. The van der Waals surface area contributed by atoms with Gasteiger partial charge in [0.25, 0.3) is 5.56 Å². The van der Waals surface area contributed by atoms with Crippen molar-refractivity contribution in [1.82, 2.24) is 35.0 Å². The van der Waals surface area contributed by atoms with Crippen molar-refractivity contribution in [3.8, 4) is 22.8 Å². The lowest BCUT2D eigenvalue weighted by molar-refractivity contribution is -0.137. The van der Waals surface area contributed by atoms with Crippen LogP contribution < -0.4 is 10.9 Å². The molecule has 0 bridgehead atoms. The summed E-state index contributed by atoms with van der Waals surface area (Å²) in [5, 5.41) is 9.65. The third kappa shape index (κ3) is 5.15. The highest BCUT2D eigenvalue weighted by Gasteiger charge is 2.30. The lowest BCUT2D eigenvalue weighted by Gasteiger charge is -2.26. The van der Waals surface area contributed by atoms with Gasteiger partial charge in [-0.15, -0.1) is 0 Å². The van der Waals surface area contributed by atoms with E-state index in [1.165, 1.54) is 12.1 Å². The predicted molar refractivity (Wildman–Crippen MR) is 122 cm³/mol. The average Bonchev–Trinajstić information content (AvgIpc) is 3.28. The van der Waals surface area contributed by atoms with Gasteiger partial charge in [0.15, 0.2) is 0 Å². The second-order valence-electron chi connectivity index (χ2n) is 7.96. The molecular formula is C22H21F3N8O2. The minimum absolute atomic E-state index is 0.125. The maximum atomic E-state index is 13.0. The van der Waals surface area contributed by atoms with Crippen LogP contribution in [0.15, 0.2) is 41.3 Å². The van der Waals surface area contributed by atoms with Gasteiger partial charge in [-0.1, -0.05) is 0 Å². The average molecular weight is 486 g/mol. The summed E-state index contributed by atoms with van der Waals surface area (Å²) in [6, 6.07) is 6.30. The Morgan fingerprint density at radius 2 is 1.91 bits per heavy atom. The van der Waals surface area contributed by atoms with Crippen molar-refractivity contribution in [2.75, 3.05) is 44.7 Å². The van der Waals surface area contributed by atoms with Crippen LogP contribution in [0.3, 0.4) is 0 Å². The third-order valence-corrected chi connectivity index (χ3v) is 5.60. The monoisotopic (exact) mass is 486 g/mol. The molecule has 1 saturated heterocycles. The van der Waals surface area contributed by atoms with Gasteiger partial charge in [0.05, 0.1) is 41.1 Å². The van der Waals surface area contributed by atoms with E-state index in [9.17, 15) is 18.0 Å². The van der Waals surface area contributed by atoms with Gasteiger partial charge in [-0.05, 0) is 30.3 Å². The number of fused-ring (bicyclic) bond motifs is 1. The number of hydrogen-bond donors (Lipinski definition) is 3. The number of halogens is 3. The first kappa shape index (κ1) is 22.9. The summed E-state index contributed by atoms with van der Waals surface area (Å²) in [5.41, 5.74) is 0.0681. The molecule has 0 spiro atoms. The molecule has 35 heavy (non-hydrogen) atoms. The number of nitrogens with one attached hydrogen (secondary N) is 3. The van der Waals surface area contributed by atoms with Gasteiger partial charge in [0, 0.05) is 32.4 Å². The zero-order valence-electron chi connectivity index (χ0n) is 18.4. The van der Waals surface area contributed by atoms with E-state index in [0.29, 0.717) is 29.4 Å². The number of morpholine rings is 1. The Balaban J connectivity index is 1.37. The lowest BCUT2D eigenvalue weighted by atomic mass is 10.2. The number of ether oxygens (including phenoxy) is 1. The van der Waals surface area contributed by atoms with E-state index in [1.807, 2.05) is 0 Å². The minimum Gasteiger partial charge on any atom is -0.379 e. The van der Waals surface area contributed by atoms with Crippen LogP contribution in [0.1, 0.15) is 5.56 Å². The highest BCUT2D eigenvalue weighted by atomic mass is 19.4. The largest absolute Gasteiger partial charge is 0.416 e. The molecule has 1 fully saturated rings. The van der Waals surface area contributed by atoms with Gasteiger partial charge >= 0.3 is 6.18 Å². The molecule has 4 aromatic rings. The normalized spacial score (nSPS) is 14.9. The standard InChI is InChI=1S/C22H21F3N8O2/c23-22(24,25)13-1-2-15-17(11-13)29-19(28-15)14-12-18(31-32-20(14)34)16-3-4-26-21(30-16)27-5-6-33-7-9-35-10-8-33/h1-4,11-12H,5-10H2,(H,28,29)(H,32,34)(H,26,27,30). The molecule has 182 valence electrons. The van der Waals surface area contributed by atoms with E-state index in [4.69, 9.17) is 4.74 Å². The number of benzene rings is 1. The predicted octanol–water partition coefficient (Wildman–Crippen LogP) is 2.53. The summed E-state index contributed by atoms with van der Waals surface area (Å²) in [6.45, 7) is 4.67. The van der Waals surface area contributed by atoms with E-state index in [-0.39, 0.29) is 16.9 Å². The smallest absolute Gasteiger partial charge is 0.379 e. The minimum atomic E-state index is -4.48. The number of H-pyrrole nitrogens is 2. The number of aromatic amines is 2. The van der Waals surface area contributed by atoms with E-state index >= 15 is 0 Å². The number of aromatic nitrogens is 6. The van der Waals surface area contributed by atoms with E-state index < -0.39 is 17.3 Å². The lowest BCUT2D eigenvalue weighted by Crippen LogP contribution is -2.39. The van der Waals surface area contributed by atoms with Gasteiger partial charge in [0.2, 0.25) is 5.95 Å². The van der Waals surface area contributed by atoms with Crippen molar-refractivity contribution in [2.24, 2.45) is 0 Å². The highest BCUT2D eigenvalue weighted by molar-refractivity contribution is 5.80. The van der Waals surface area contributed by atoms with E-state index in [1.54, 1.807) is 12.3 Å². The van der Waals surface area contributed by atoms with Crippen LogP contribution >= 0.6 is 0 Å². The Bertz CT molecular complexity index is 1400. The first-order valence-electron chi connectivity index (χ1n) is 10.9. The first-order valence-corrected chi connectivity index (χ1v) is 10.9. The van der Waals surface area contributed by atoms with Crippen LogP contribution in [0.2, 0.25) is 0 Å². The maximum absolute atomic E-state index is 13.0. The number of alkyl halides is 3. The van der Waals surface area contributed by atoms with Crippen molar-refractivity contribution in [1.29, 1.82) is 0 Å². The molecule has 0 atom stereocenters. The number of anilines is 1. The van der Waals surface area contributed by atoms with Crippen LogP contribution in [0.25, 0.3) is 33.8 Å². The van der Waals surface area contributed by atoms with Crippen molar-refractivity contribution in [3.05, 3.63) is 52.4 Å². The number of hydrogen-bond acceptors (Lipinski definition) is 8. The molecule has 0 aliphatic carbocycles. The van der Waals surface area contributed by atoms with Crippen LogP contribution in [0, 0.1) is 0 Å². The molecule has 3 aromatic heterocycles. The van der Waals surface area contributed by atoms with Gasteiger partial charge in [-0.3, -0.25) is 9.69 Å². The number of nitrogens with zero attached hydrogens (tertiary/aromatic N) is 5. The molecule has 0 amide bonds. The summed E-state index contributed by atoms with van der Waals surface area (Å²) in [6.07, 6.45) is -2.91. The molecule has 0 radical (unpaired) electrons. The summed E-state index contributed by atoms with van der Waals surface area (Å²) >= 11 is 0. The Hall–Kier alpha value is -3.84. The van der Waals surface area contributed by atoms with Crippen molar-refractivity contribution in [3.63, 3.8) is 0 Å². The molecule has 4 heterocycles. The summed E-state index contributed by atoms with van der Waals surface area (Å²) in [7, 11) is 0. The van der Waals surface area contributed by atoms with Crippen LogP contribution in [-0.4, -0.2) is 74.4 Å². The topological polar surface area (TPSA) is 125 Å². The Morgan fingerprint density at radius 1 is 1.09 bits per heavy atom. The zero-order chi connectivity index (χ0) is 24.4. The second kappa shape index (κ2) is 9.43. The van der Waals surface area contributed by atoms with Crippen LogP contribution in [0.4, 0.5) is 19.1 Å². The van der Waals surface area contributed by atoms with Crippen molar-refractivity contribution in [2.45, 2.75) is 6.18 Å². The summed E-state index contributed by atoms with van der Waals surface area (Å²) in [5.74, 6) is 0.538. The fourth-order valence-electron chi connectivity index (χ4n) is 3.76. The number of imidazole rings is 1. The fraction of sp³-hybridized carbons (Fsp3) is 0.318. The van der Waals surface area contributed by atoms with E-state index in [0.717, 1.165) is 45.0 Å². The summed E-state index contributed by atoms with van der Waals surface area (Å²) in [4.78, 5) is 30.5. The first-order chi connectivity index (χ1) is 16.9. The molecular weight excluding hydrogens is 465 g/mol. The highest BCUT2D eigenvalue weighted by Crippen LogP contribution is 2.31. The van der Waals surface area contributed by atoms with Crippen LogP contribution in [-0.2, 0) is 10.9 Å². The van der Waals surface area contributed by atoms with Crippen molar-refractivity contribution < 1.29 is 17.9 Å². The Morgan fingerprint density at radius 3 is 2.71 bits per heavy atom. The quantitative estimate of drug-likeness (QED) is 0.380. The van der Waals surface area contributed by atoms with Gasteiger partial charge in [0.1, 0.15) is 11.5 Å². The molecule has 1 aliphatic rings. The fourth-order valence-corrected chi connectivity index (χ4v) is 3.76. The molecule has 1 aliphatic heterocycles. The molecule has 1 aromatic carbocycles. The van der Waals surface area contributed by atoms with Crippen molar-refractivity contribution >= 4 is 17.0 Å². The van der Waals surface area contributed by atoms with Gasteiger partial charge in [-0.2, -0.15) is 18.3 Å². The Labute approximate surface area is 196 Å². The van der Waals surface area contributed by atoms with E-state index in [2.05, 4.69) is 40.3 Å². The molecule has 0 unspecified atom stereocenters. The Kier molecular flexibility index (Phi) is 6.17. The van der Waals surface area contributed by atoms with Crippen LogP contribution in [0.5, 0.6) is 0 Å². The molecule has 3 N–H and O–H groups in total. The summed E-state index contributed by atoms with van der Waals surface area (Å²) < 4.78 is 44.4. The zero-order valence-corrected chi connectivity index (χ0v) is 18.4. The number of rotatable bonds is 6. The van der Waals surface area contributed by atoms with Gasteiger partial charge in [-0.25, -0.2) is 20.1 Å². The maximum Gasteiger partial charge on any atom is 0.416 e. The van der Waals surface area contributed by atoms with Gasteiger partial charge < -0.3 is 15.0 Å². The second-order valence-corrected chi connectivity index (χ2v) is 7.96.